The van der Waals surface area contributed by atoms with Crippen molar-refractivity contribution in [2.45, 2.75) is 25.6 Å². The molecule has 2 aromatic rings. The van der Waals surface area contributed by atoms with Gasteiger partial charge in [-0.25, -0.2) is 9.18 Å². The van der Waals surface area contributed by atoms with Gasteiger partial charge in [-0.2, -0.15) is 0 Å². The van der Waals surface area contributed by atoms with Crippen LogP contribution in [0.1, 0.15) is 24.1 Å². The molecule has 1 saturated heterocycles. The number of carbonyl (C=O) groups is 1. The van der Waals surface area contributed by atoms with Gasteiger partial charge in [0.05, 0.1) is 7.11 Å². The summed E-state index contributed by atoms with van der Waals surface area (Å²) in [6, 6.07) is 14.6. The molecule has 1 aliphatic rings. The Morgan fingerprint density at radius 1 is 1.29 bits per heavy atom. The SMILES string of the molecule is COC(=O)C(C)Oc1ccc(CN2CCNCC2c2cccc(F)c2)cc1.Cl. The number of nitrogens with zero attached hydrogens (tertiary/aromatic N) is 1. The predicted molar refractivity (Wildman–Crippen MR) is 108 cm³/mol. The second-order valence-electron chi connectivity index (χ2n) is 6.67. The maximum absolute atomic E-state index is 13.6. The van der Waals surface area contributed by atoms with Crippen LogP contribution >= 0.6 is 12.4 Å². The number of benzene rings is 2. The Bertz CT molecular complexity index is 773. The molecule has 0 saturated carbocycles. The monoisotopic (exact) mass is 408 g/mol. The van der Waals surface area contributed by atoms with Gasteiger partial charge in [0.1, 0.15) is 11.6 Å². The van der Waals surface area contributed by atoms with E-state index in [9.17, 15) is 9.18 Å². The quantitative estimate of drug-likeness (QED) is 0.743. The van der Waals surface area contributed by atoms with Gasteiger partial charge >= 0.3 is 5.97 Å². The molecule has 1 aliphatic heterocycles. The second kappa shape index (κ2) is 10.4. The van der Waals surface area contributed by atoms with Gasteiger partial charge < -0.3 is 14.8 Å². The average Bonchev–Trinajstić information content (AvgIpc) is 2.69. The molecular formula is C21H26ClFN2O3. The van der Waals surface area contributed by atoms with Gasteiger partial charge in [0.2, 0.25) is 0 Å². The van der Waals surface area contributed by atoms with E-state index in [-0.39, 0.29) is 24.3 Å². The first-order valence-electron chi connectivity index (χ1n) is 9.10. The van der Waals surface area contributed by atoms with Crippen molar-refractivity contribution >= 4 is 18.4 Å². The van der Waals surface area contributed by atoms with Crippen molar-refractivity contribution in [3.05, 3.63) is 65.5 Å². The van der Waals surface area contributed by atoms with E-state index in [1.807, 2.05) is 30.3 Å². The molecule has 5 nitrogen and oxygen atoms in total. The van der Waals surface area contributed by atoms with E-state index in [1.165, 1.54) is 13.2 Å². The number of nitrogens with one attached hydrogen (secondary N) is 1. The third-order valence-corrected chi connectivity index (χ3v) is 4.74. The third kappa shape index (κ3) is 5.67. The van der Waals surface area contributed by atoms with Crippen molar-refractivity contribution in [3.63, 3.8) is 0 Å². The van der Waals surface area contributed by atoms with E-state index in [1.54, 1.807) is 19.1 Å². The summed E-state index contributed by atoms with van der Waals surface area (Å²) in [6.45, 7) is 5.00. The molecule has 7 heteroatoms. The van der Waals surface area contributed by atoms with Gasteiger partial charge in [0.25, 0.3) is 0 Å². The summed E-state index contributed by atoms with van der Waals surface area (Å²) in [6.07, 6.45) is -0.647. The molecule has 0 aliphatic carbocycles. The maximum atomic E-state index is 13.6. The fraction of sp³-hybridized carbons (Fsp3) is 0.381. The Balaban J connectivity index is 0.00000280. The minimum atomic E-state index is -0.647. The second-order valence-corrected chi connectivity index (χ2v) is 6.67. The number of esters is 1. The first-order chi connectivity index (χ1) is 13.1. The van der Waals surface area contributed by atoms with Crippen molar-refractivity contribution in [2.75, 3.05) is 26.7 Å². The minimum Gasteiger partial charge on any atom is -0.479 e. The number of methoxy groups -OCH3 is 1. The van der Waals surface area contributed by atoms with E-state index in [0.717, 1.165) is 37.3 Å². The minimum absolute atomic E-state index is 0. The van der Waals surface area contributed by atoms with Crippen LogP contribution in [0, 0.1) is 5.82 Å². The molecule has 0 amide bonds. The zero-order valence-corrected chi connectivity index (χ0v) is 16.9. The van der Waals surface area contributed by atoms with Crippen molar-refractivity contribution in [1.29, 1.82) is 0 Å². The van der Waals surface area contributed by atoms with Crippen LogP contribution in [-0.4, -0.2) is 43.7 Å². The van der Waals surface area contributed by atoms with Gasteiger partial charge in [-0.3, -0.25) is 4.90 Å². The first-order valence-corrected chi connectivity index (χ1v) is 9.10. The van der Waals surface area contributed by atoms with Crippen LogP contribution in [0.25, 0.3) is 0 Å². The number of piperazine rings is 1. The van der Waals surface area contributed by atoms with Crippen molar-refractivity contribution < 1.29 is 18.7 Å². The lowest BCUT2D eigenvalue weighted by atomic mass is 10.0. The topological polar surface area (TPSA) is 50.8 Å². The van der Waals surface area contributed by atoms with Crippen LogP contribution in [0.2, 0.25) is 0 Å². The number of ether oxygens (including phenoxy) is 2. The molecule has 2 atom stereocenters. The smallest absolute Gasteiger partial charge is 0.346 e. The molecule has 1 fully saturated rings. The Morgan fingerprint density at radius 2 is 2.04 bits per heavy atom. The molecule has 0 bridgehead atoms. The van der Waals surface area contributed by atoms with Crippen molar-refractivity contribution in [2.24, 2.45) is 0 Å². The van der Waals surface area contributed by atoms with Gasteiger partial charge in [-0.05, 0) is 42.3 Å². The Labute approximate surface area is 171 Å². The third-order valence-electron chi connectivity index (χ3n) is 4.74. The standard InChI is InChI=1S/C21H25FN2O3.ClH/c1-15(21(25)26-2)27-19-8-6-16(7-9-19)14-24-11-10-23-13-20(24)17-4-3-5-18(22)12-17;/h3-9,12,15,20,23H,10-11,13-14H2,1-2H3;1H. The lowest BCUT2D eigenvalue weighted by molar-refractivity contribution is -0.147. The van der Waals surface area contributed by atoms with Crippen LogP contribution in [-0.2, 0) is 16.1 Å². The predicted octanol–water partition coefficient (Wildman–Crippen LogP) is 3.33. The summed E-state index contributed by atoms with van der Waals surface area (Å²) in [5.74, 6) is 0.00993. The highest BCUT2D eigenvalue weighted by Crippen LogP contribution is 2.25. The van der Waals surface area contributed by atoms with Gasteiger partial charge in [-0.1, -0.05) is 24.3 Å². The highest BCUT2D eigenvalue weighted by Gasteiger charge is 2.24. The van der Waals surface area contributed by atoms with Crippen LogP contribution in [0.4, 0.5) is 4.39 Å². The number of hydrogen-bond donors (Lipinski definition) is 1. The Hall–Kier alpha value is -2.15. The Morgan fingerprint density at radius 3 is 2.71 bits per heavy atom. The molecule has 0 spiro atoms. The summed E-state index contributed by atoms with van der Waals surface area (Å²) in [5, 5.41) is 3.39. The summed E-state index contributed by atoms with van der Waals surface area (Å²) in [4.78, 5) is 13.8. The molecule has 152 valence electrons. The molecule has 3 rings (SSSR count). The number of carbonyl (C=O) groups excluding carboxylic acids is 1. The number of halogens is 2. The van der Waals surface area contributed by atoms with Gasteiger partial charge in [0.15, 0.2) is 6.10 Å². The van der Waals surface area contributed by atoms with E-state index in [2.05, 4.69) is 15.0 Å². The van der Waals surface area contributed by atoms with Crippen LogP contribution in [0.3, 0.4) is 0 Å². The molecule has 1 N–H and O–H groups in total. The van der Waals surface area contributed by atoms with Crippen LogP contribution in [0.5, 0.6) is 5.75 Å². The van der Waals surface area contributed by atoms with Crippen molar-refractivity contribution in [3.8, 4) is 5.75 Å². The summed E-state index contributed by atoms with van der Waals surface area (Å²) in [7, 11) is 1.34. The maximum Gasteiger partial charge on any atom is 0.346 e. The van der Waals surface area contributed by atoms with Crippen LogP contribution in [0.15, 0.2) is 48.5 Å². The number of rotatable bonds is 6. The highest BCUT2D eigenvalue weighted by atomic mass is 35.5. The van der Waals surface area contributed by atoms with E-state index in [0.29, 0.717) is 5.75 Å². The van der Waals surface area contributed by atoms with Crippen molar-refractivity contribution in [1.82, 2.24) is 10.2 Å². The molecule has 1 heterocycles. The fourth-order valence-corrected chi connectivity index (χ4v) is 3.30. The molecule has 2 aromatic carbocycles. The largest absolute Gasteiger partial charge is 0.479 e. The average molecular weight is 409 g/mol. The summed E-state index contributed by atoms with van der Waals surface area (Å²) < 4.78 is 23.9. The fourth-order valence-electron chi connectivity index (χ4n) is 3.30. The molecule has 0 radical (unpaired) electrons. The molecule has 0 aromatic heterocycles. The highest BCUT2D eigenvalue weighted by molar-refractivity contribution is 5.85. The Kier molecular flexibility index (Phi) is 8.23. The zero-order chi connectivity index (χ0) is 19.2. The molecule has 2 unspecified atom stereocenters. The van der Waals surface area contributed by atoms with Gasteiger partial charge in [-0.15, -0.1) is 12.4 Å². The lowest BCUT2D eigenvalue weighted by Crippen LogP contribution is -2.45. The molecular weight excluding hydrogens is 383 g/mol. The summed E-state index contributed by atoms with van der Waals surface area (Å²) in [5.41, 5.74) is 2.12. The molecule has 28 heavy (non-hydrogen) atoms. The van der Waals surface area contributed by atoms with E-state index < -0.39 is 12.1 Å². The number of hydrogen-bond acceptors (Lipinski definition) is 5. The van der Waals surface area contributed by atoms with E-state index >= 15 is 0 Å². The van der Waals surface area contributed by atoms with Crippen LogP contribution < -0.4 is 10.1 Å². The lowest BCUT2D eigenvalue weighted by Gasteiger charge is -2.36. The zero-order valence-electron chi connectivity index (χ0n) is 16.1. The van der Waals surface area contributed by atoms with E-state index in [4.69, 9.17) is 4.74 Å². The summed E-state index contributed by atoms with van der Waals surface area (Å²) >= 11 is 0. The van der Waals surface area contributed by atoms with Gasteiger partial charge in [0, 0.05) is 32.2 Å². The normalized spacial score (nSPS) is 18.0. The first kappa shape index (κ1) is 22.1.